The molecule has 54 valence electrons. The van der Waals surface area contributed by atoms with Crippen LogP contribution in [-0.4, -0.2) is 9.78 Å². The van der Waals surface area contributed by atoms with E-state index in [-0.39, 0.29) is 0 Å². The Morgan fingerprint density at radius 3 is 2.20 bits per heavy atom. The average molecular weight is 136 g/mol. The lowest BCUT2D eigenvalue weighted by atomic mass is 10.1. The molecule has 0 saturated heterocycles. The smallest absolute Gasteiger partial charge is 0.0634 e. The van der Waals surface area contributed by atoms with Crippen LogP contribution in [0.1, 0.15) is 23.9 Å². The Morgan fingerprint density at radius 2 is 2.00 bits per heavy atom. The summed E-state index contributed by atoms with van der Waals surface area (Å²) < 4.78 is 1.88. The maximum atomic E-state index is 4.24. The first kappa shape index (κ1) is 7.32. The van der Waals surface area contributed by atoms with E-state index in [1.807, 2.05) is 32.5 Å². The Labute approximate surface area is 61.9 Å². The van der Waals surface area contributed by atoms with Gasteiger partial charge in [0.05, 0.1) is 5.69 Å². The van der Waals surface area contributed by atoms with Gasteiger partial charge in [-0.05, 0) is 13.8 Å². The predicted octanol–water partition coefficient (Wildman–Crippen LogP) is 1.49. The van der Waals surface area contributed by atoms with Gasteiger partial charge in [0.1, 0.15) is 0 Å². The third-order valence-corrected chi connectivity index (χ3v) is 1.76. The van der Waals surface area contributed by atoms with Crippen molar-refractivity contribution in [2.45, 2.75) is 20.8 Å². The Hall–Kier alpha value is -0.790. The molecule has 0 N–H and O–H groups in total. The Balaban J connectivity index is 3.20. The Kier molecular flexibility index (Phi) is 1.79. The lowest BCUT2D eigenvalue weighted by Gasteiger charge is -1.93. The monoisotopic (exact) mass is 136 g/mol. The second kappa shape index (κ2) is 2.45. The summed E-state index contributed by atoms with van der Waals surface area (Å²) >= 11 is 0. The van der Waals surface area contributed by atoms with Crippen LogP contribution in [0.25, 0.3) is 0 Å². The second-order valence-electron chi connectivity index (χ2n) is 2.42. The highest BCUT2D eigenvalue weighted by Gasteiger charge is 2.05. The summed E-state index contributed by atoms with van der Waals surface area (Å²) in [4.78, 5) is 0. The largest absolute Gasteiger partial charge is 0.272 e. The van der Waals surface area contributed by atoms with Gasteiger partial charge >= 0.3 is 0 Å². The molecule has 0 aromatic carbocycles. The van der Waals surface area contributed by atoms with Gasteiger partial charge in [-0.2, -0.15) is 5.10 Å². The number of aromatic nitrogens is 2. The van der Waals surface area contributed by atoms with Gasteiger partial charge in [0.2, 0.25) is 0 Å². The van der Waals surface area contributed by atoms with E-state index in [0.29, 0.717) is 0 Å². The highest BCUT2D eigenvalue weighted by atomic mass is 15.3. The summed E-state index contributed by atoms with van der Waals surface area (Å²) in [5.74, 6) is 0. The summed E-state index contributed by atoms with van der Waals surface area (Å²) in [6.07, 6.45) is 3.10. The first-order valence-electron chi connectivity index (χ1n) is 3.34. The minimum atomic E-state index is 1.06. The number of hydrogen-bond donors (Lipinski definition) is 0. The van der Waals surface area contributed by atoms with Gasteiger partial charge in [-0.1, -0.05) is 6.92 Å². The number of aryl methyl sites for hydroxylation is 2. The highest BCUT2D eigenvalue weighted by Crippen LogP contribution is 2.12. The van der Waals surface area contributed by atoms with Crippen molar-refractivity contribution >= 4 is 0 Å². The van der Waals surface area contributed by atoms with E-state index < -0.39 is 0 Å². The van der Waals surface area contributed by atoms with Crippen LogP contribution >= 0.6 is 0 Å². The third kappa shape index (κ3) is 0.939. The van der Waals surface area contributed by atoms with Gasteiger partial charge in [0, 0.05) is 24.7 Å². The molecular formula is C8H12N2. The van der Waals surface area contributed by atoms with Gasteiger partial charge in [-0.3, -0.25) is 4.68 Å². The van der Waals surface area contributed by atoms with Crippen molar-refractivity contribution in [2.24, 2.45) is 7.05 Å². The molecule has 0 aliphatic rings. The van der Waals surface area contributed by atoms with Crippen molar-refractivity contribution in [3.05, 3.63) is 23.4 Å². The van der Waals surface area contributed by atoms with Crippen molar-refractivity contribution in [3.63, 3.8) is 0 Å². The lowest BCUT2D eigenvalue weighted by Crippen LogP contribution is -1.92. The van der Waals surface area contributed by atoms with Crippen LogP contribution in [0, 0.1) is 20.3 Å². The summed E-state index contributed by atoms with van der Waals surface area (Å²) in [5.41, 5.74) is 3.38. The fourth-order valence-corrected chi connectivity index (χ4v) is 1.14. The van der Waals surface area contributed by atoms with Crippen molar-refractivity contribution in [1.29, 1.82) is 0 Å². The van der Waals surface area contributed by atoms with Crippen molar-refractivity contribution in [3.8, 4) is 0 Å². The van der Waals surface area contributed by atoms with E-state index in [2.05, 4.69) is 11.5 Å². The molecule has 1 aromatic heterocycles. The standard InChI is InChI=1S/C8H12N2/c1-5-8-6(2)9-10(4)7(8)3/h1-4H3. The molecule has 0 atom stereocenters. The van der Waals surface area contributed by atoms with Gasteiger partial charge in [-0.25, -0.2) is 0 Å². The summed E-state index contributed by atoms with van der Waals surface area (Å²) in [6, 6.07) is 0. The zero-order chi connectivity index (χ0) is 7.72. The zero-order valence-electron chi connectivity index (χ0n) is 6.89. The molecule has 2 heteroatoms. The number of nitrogens with zero attached hydrogens (tertiary/aromatic N) is 2. The SMILES string of the molecule is C[C]c1c(C)nn(C)c1C. The van der Waals surface area contributed by atoms with Crippen LogP contribution < -0.4 is 0 Å². The Bertz CT molecular complexity index is 236. The van der Waals surface area contributed by atoms with Crippen LogP contribution in [0.3, 0.4) is 0 Å². The van der Waals surface area contributed by atoms with Crippen LogP contribution in [0.2, 0.25) is 0 Å². The van der Waals surface area contributed by atoms with E-state index in [0.717, 1.165) is 11.3 Å². The predicted molar refractivity (Wildman–Crippen MR) is 40.7 cm³/mol. The van der Waals surface area contributed by atoms with Gasteiger partial charge in [0.15, 0.2) is 0 Å². The average Bonchev–Trinajstić information content (AvgIpc) is 2.09. The molecule has 0 fully saturated rings. The van der Waals surface area contributed by atoms with E-state index in [9.17, 15) is 0 Å². The van der Waals surface area contributed by atoms with Crippen LogP contribution in [0.4, 0.5) is 0 Å². The van der Waals surface area contributed by atoms with E-state index >= 15 is 0 Å². The van der Waals surface area contributed by atoms with Crippen molar-refractivity contribution in [2.75, 3.05) is 0 Å². The first-order valence-corrected chi connectivity index (χ1v) is 3.34. The van der Waals surface area contributed by atoms with E-state index in [4.69, 9.17) is 0 Å². The summed E-state index contributed by atoms with van der Waals surface area (Å²) in [6.45, 7) is 5.96. The topological polar surface area (TPSA) is 17.8 Å². The minimum absolute atomic E-state index is 1.06. The molecule has 0 spiro atoms. The van der Waals surface area contributed by atoms with Crippen molar-refractivity contribution < 1.29 is 0 Å². The molecule has 0 amide bonds. The molecule has 0 unspecified atom stereocenters. The molecule has 0 aliphatic heterocycles. The van der Waals surface area contributed by atoms with E-state index in [1.54, 1.807) is 0 Å². The highest BCUT2D eigenvalue weighted by molar-refractivity contribution is 5.30. The van der Waals surface area contributed by atoms with Gasteiger partial charge in [-0.15, -0.1) is 0 Å². The molecule has 1 heterocycles. The van der Waals surface area contributed by atoms with Crippen LogP contribution in [-0.2, 0) is 7.05 Å². The first-order chi connectivity index (χ1) is 4.66. The molecule has 10 heavy (non-hydrogen) atoms. The third-order valence-electron chi connectivity index (χ3n) is 1.76. The zero-order valence-corrected chi connectivity index (χ0v) is 6.89. The van der Waals surface area contributed by atoms with Gasteiger partial charge in [0.25, 0.3) is 0 Å². The molecule has 0 saturated carbocycles. The Morgan fingerprint density at radius 1 is 1.40 bits per heavy atom. The molecule has 0 bridgehead atoms. The molecule has 1 rings (SSSR count). The molecule has 2 nitrogen and oxygen atoms in total. The van der Waals surface area contributed by atoms with Crippen molar-refractivity contribution in [1.82, 2.24) is 9.78 Å². The van der Waals surface area contributed by atoms with Gasteiger partial charge < -0.3 is 0 Å². The molecule has 0 aliphatic carbocycles. The number of hydrogen-bond acceptors (Lipinski definition) is 1. The quantitative estimate of drug-likeness (QED) is 0.572. The summed E-state index contributed by atoms with van der Waals surface area (Å²) in [5, 5.41) is 4.24. The van der Waals surface area contributed by atoms with Crippen LogP contribution in [0.15, 0.2) is 0 Å². The normalized spacial score (nSPS) is 10.4. The van der Waals surface area contributed by atoms with E-state index in [1.165, 1.54) is 5.69 Å². The maximum Gasteiger partial charge on any atom is 0.0634 e. The molecule has 2 radical (unpaired) electrons. The molecule has 1 aromatic rings. The lowest BCUT2D eigenvalue weighted by molar-refractivity contribution is 0.731. The molecular weight excluding hydrogens is 124 g/mol. The number of rotatable bonds is 1. The minimum Gasteiger partial charge on any atom is -0.272 e. The second-order valence-corrected chi connectivity index (χ2v) is 2.42. The maximum absolute atomic E-state index is 4.24. The fourth-order valence-electron chi connectivity index (χ4n) is 1.14. The van der Waals surface area contributed by atoms with Crippen LogP contribution in [0.5, 0.6) is 0 Å². The summed E-state index contributed by atoms with van der Waals surface area (Å²) in [7, 11) is 1.95. The fraction of sp³-hybridized carbons (Fsp3) is 0.500.